The Kier molecular flexibility index (Phi) is 2.85. The number of carbonyl (C=O) groups excluding carboxylic acids is 2. The molecule has 0 aliphatic heterocycles. The van der Waals surface area contributed by atoms with Gasteiger partial charge in [0.25, 0.3) is 0 Å². The largest absolute Gasteiger partial charge is 0.516 e. The van der Waals surface area contributed by atoms with E-state index in [1.807, 2.05) is 0 Å². The minimum atomic E-state index is -0.954. The van der Waals surface area contributed by atoms with Gasteiger partial charge in [0.1, 0.15) is 0 Å². The third kappa shape index (κ3) is 1.68. The first kappa shape index (κ1) is 11.6. The molecule has 2 atom stereocenters. The van der Waals surface area contributed by atoms with Crippen LogP contribution >= 0.6 is 0 Å². The summed E-state index contributed by atoms with van der Waals surface area (Å²) in [6.45, 7) is 0. The fourth-order valence-electron chi connectivity index (χ4n) is 2.26. The predicted octanol–water partition coefficient (Wildman–Crippen LogP) is 0.418. The van der Waals surface area contributed by atoms with Crippen molar-refractivity contribution in [3.63, 3.8) is 0 Å². The maximum Gasteiger partial charge on any atom is 0.334 e. The number of aliphatic hydroxyl groups is 2. The zero-order chi connectivity index (χ0) is 12.6. The van der Waals surface area contributed by atoms with Crippen molar-refractivity contribution >= 4 is 11.8 Å². The predicted molar refractivity (Wildman–Crippen MR) is 58.0 cm³/mol. The molecule has 0 aromatic heterocycles. The minimum Gasteiger partial charge on any atom is -0.516 e. The maximum absolute atomic E-state index is 11.7. The average Bonchev–Trinajstić information content (AvgIpc) is 2.33. The minimum absolute atomic E-state index is 0.0974. The van der Waals surface area contributed by atoms with Crippen molar-refractivity contribution in [1.29, 1.82) is 0 Å². The zero-order valence-electron chi connectivity index (χ0n) is 9.21. The van der Waals surface area contributed by atoms with Gasteiger partial charge < -0.3 is 14.9 Å². The first-order valence-corrected chi connectivity index (χ1v) is 5.16. The summed E-state index contributed by atoms with van der Waals surface area (Å²) >= 11 is 0. The Morgan fingerprint density at radius 2 is 2.29 bits per heavy atom. The summed E-state index contributed by atoms with van der Waals surface area (Å²) in [5.74, 6) is -1.26. The molecule has 3 rings (SSSR count). The van der Waals surface area contributed by atoms with Crippen LogP contribution < -0.4 is 0 Å². The van der Waals surface area contributed by atoms with Crippen LogP contribution in [0.4, 0.5) is 0 Å². The molecule has 0 saturated carbocycles. The van der Waals surface area contributed by atoms with Crippen molar-refractivity contribution in [3.05, 3.63) is 35.1 Å². The van der Waals surface area contributed by atoms with Crippen LogP contribution in [0.15, 0.2) is 35.1 Å². The van der Waals surface area contributed by atoms with Crippen LogP contribution in [-0.4, -0.2) is 35.2 Å². The number of esters is 1. The second kappa shape index (κ2) is 4.18. The van der Waals surface area contributed by atoms with Gasteiger partial charge in [-0.2, -0.15) is 0 Å². The monoisotopic (exact) mass is 236 g/mol. The van der Waals surface area contributed by atoms with Gasteiger partial charge in [-0.15, -0.1) is 0 Å². The van der Waals surface area contributed by atoms with Gasteiger partial charge in [-0.05, 0) is 17.7 Å². The summed E-state index contributed by atoms with van der Waals surface area (Å²) in [7, 11) is 1.25. The standard InChI is InChI=1S/C12H12O5/c1-17-12(16)9-4-7-6(2-3-13)11(15)8(9)5-10(7)14/h2-4,8,11,13,15H,5H2,1H3/b3-2+. The van der Waals surface area contributed by atoms with Crippen molar-refractivity contribution in [3.8, 4) is 0 Å². The first-order chi connectivity index (χ1) is 8.10. The fourth-order valence-corrected chi connectivity index (χ4v) is 2.26. The molecule has 0 saturated heterocycles. The molecule has 3 aliphatic rings. The van der Waals surface area contributed by atoms with Crippen LogP contribution in [-0.2, 0) is 14.3 Å². The second-order valence-corrected chi connectivity index (χ2v) is 3.95. The fraction of sp³-hybridized carbons (Fsp3) is 0.333. The molecule has 17 heavy (non-hydrogen) atoms. The van der Waals surface area contributed by atoms with Crippen molar-refractivity contribution in [2.24, 2.45) is 5.92 Å². The lowest BCUT2D eigenvalue weighted by molar-refractivity contribution is -0.137. The van der Waals surface area contributed by atoms with E-state index >= 15 is 0 Å². The summed E-state index contributed by atoms with van der Waals surface area (Å²) in [5.41, 5.74) is 0.928. The van der Waals surface area contributed by atoms with E-state index < -0.39 is 18.0 Å². The molecule has 2 unspecified atom stereocenters. The third-order valence-corrected chi connectivity index (χ3v) is 3.09. The highest BCUT2D eigenvalue weighted by molar-refractivity contribution is 6.06. The van der Waals surface area contributed by atoms with Gasteiger partial charge in [0.2, 0.25) is 0 Å². The summed E-state index contributed by atoms with van der Waals surface area (Å²) in [4.78, 5) is 23.1. The van der Waals surface area contributed by atoms with Gasteiger partial charge in [-0.1, -0.05) is 0 Å². The van der Waals surface area contributed by atoms with Gasteiger partial charge in [0.15, 0.2) is 5.78 Å². The molecule has 0 fully saturated rings. The number of fused-ring (bicyclic) bond motifs is 2. The van der Waals surface area contributed by atoms with Gasteiger partial charge in [-0.25, -0.2) is 4.79 Å². The van der Waals surface area contributed by atoms with Crippen LogP contribution in [0.2, 0.25) is 0 Å². The van der Waals surface area contributed by atoms with Gasteiger partial charge in [0.05, 0.1) is 19.5 Å². The molecule has 2 N–H and O–H groups in total. The molecule has 0 spiro atoms. The molecule has 5 nitrogen and oxygen atoms in total. The number of hydrogen-bond acceptors (Lipinski definition) is 5. The normalized spacial score (nSPS) is 27.6. The molecular formula is C12H12O5. The molecule has 0 heterocycles. The molecule has 0 aromatic carbocycles. The van der Waals surface area contributed by atoms with E-state index in [-0.39, 0.29) is 17.8 Å². The van der Waals surface area contributed by atoms with Crippen LogP contribution in [0.5, 0.6) is 0 Å². The van der Waals surface area contributed by atoms with E-state index in [1.165, 1.54) is 19.3 Å². The number of Topliss-reactive ketones (excluding diaryl/α,β-unsaturated/α-hetero) is 1. The number of ether oxygens (including phenoxy) is 1. The number of methoxy groups -OCH3 is 1. The Morgan fingerprint density at radius 3 is 2.88 bits per heavy atom. The summed E-state index contributed by atoms with van der Waals surface area (Å²) in [6, 6.07) is 0. The Balaban J connectivity index is 2.53. The van der Waals surface area contributed by atoms with E-state index in [1.54, 1.807) is 0 Å². The molecule has 0 aromatic rings. The van der Waals surface area contributed by atoms with Crippen molar-refractivity contribution < 1.29 is 24.5 Å². The average molecular weight is 236 g/mol. The number of aliphatic hydroxyl groups excluding tert-OH is 2. The quantitative estimate of drug-likeness (QED) is 0.536. The van der Waals surface area contributed by atoms with E-state index in [0.29, 0.717) is 11.1 Å². The van der Waals surface area contributed by atoms with Gasteiger partial charge >= 0.3 is 5.97 Å². The summed E-state index contributed by atoms with van der Waals surface area (Å²) in [6.07, 6.45) is 2.62. The number of allylic oxidation sites excluding steroid dienone is 2. The lowest BCUT2D eigenvalue weighted by Gasteiger charge is -2.34. The van der Waals surface area contributed by atoms with Crippen molar-refractivity contribution in [2.75, 3.05) is 7.11 Å². The molecule has 0 amide bonds. The molecule has 90 valence electrons. The Morgan fingerprint density at radius 1 is 1.59 bits per heavy atom. The topological polar surface area (TPSA) is 83.8 Å². The molecule has 3 aliphatic carbocycles. The number of rotatable bonds is 2. The maximum atomic E-state index is 11.7. The lowest BCUT2D eigenvalue weighted by atomic mass is 9.71. The third-order valence-electron chi connectivity index (χ3n) is 3.09. The number of carbonyl (C=O) groups is 2. The van der Waals surface area contributed by atoms with Crippen LogP contribution in [0.3, 0.4) is 0 Å². The van der Waals surface area contributed by atoms with Gasteiger partial charge in [0, 0.05) is 23.5 Å². The van der Waals surface area contributed by atoms with Crippen LogP contribution in [0.1, 0.15) is 6.42 Å². The van der Waals surface area contributed by atoms with Crippen LogP contribution in [0.25, 0.3) is 0 Å². The number of hydrogen-bond donors (Lipinski definition) is 2. The van der Waals surface area contributed by atoms with E-state index in [2.05, 4.69) is 4.74 Å². The highest BCUT2D eigenvalue weighted by Crippen LogP contribution is 2.39. The molecular weight excluding hydrogens is 224 g/mol. The van der Waals surface area contributed by atoms with Crippen molar-refractivity contribution in [2.45, 2.75) is 12.5 Å². The Hall–Kier alpha value is -1.88. The SMILES string of the molecule is COC(=O)C1=CC2=C(/C=C/O)C(O)C1CC2=O. The Labute approximate surface area is 97.7 Å². The first-order valence-electron chi connectivity index (χ1n) is 5.16. The Bertz CT molecular complexity index is 469. The summed E-state index contributed by atoms with van der Waals surface area (Å²) < 4.78 is 4.60. The molecule has 5 heteroatoms. The van der Waals surface area contributed by atoms with E-state index in [9.17, 15) is 14.7 Å². The van der Waals surface area contributed by atoms with Gasteiger partial charge in [-0.3, -0.25) is 4.79 Å². The highest BCUT2D eigenvalue weighted by Gasteiger charge is 2.42. The van der Waals surface area contributed by atoms with Crippen LogP contribution in [0, 0.1) is 5.92 Å². The van der Waals surface area contributed by atoms with E-state index in [0.717, 1.165) is 6.26 Å². The highest BCUT2D eigenvalue weighted by atomic mass is 16.5. The zero-order valence-corrected chi connectivity index (χ0v) is 9.21. The molecule has 0 radical (unpaired) electrons. The second-order valence-electron chi connectivity index (χ2n) is 3.95. The van der Waals surface area contributed by atoms with E-state index in [4.69, 9.17) is 5.11 Å². The summed E-state index contributed by atoms with van der Waals surface area (Å²) in [5, 5.41) is 18.7. The lowest BCUT2D eigenvalue weighted by Crippen LogP contribution is -2.39. The smallest absolute Gasteiger partial charge is 0.334 e. The number of ketones is 1. The van der Waals surface area contributed by atoms with Crippen molar-refractivity contribution in [1.82, 2.24) is 0 Å². The molecule has 2 bridgehead atoms.